The molecule has 0 spiro atoms. The summed E-state index contributed by atoms with van der Waals surface area (Å²) in [5, 5.41) is 0.164. The number of hydrogen-bond donors (Lipinski definition) is 0. The Hall–Kier alpha value is -1.07. The molecule has 5 heteroatoms. The van der Waals surface area contributed by atoms with Gasteiger partial charge in [-0.25, -0.2) is 0 Å². The Labute approximate surface area is 134 Å². The molecule has 0 saturated heterocycles. The van der Waals surface area contributed by atoms with Crippen molar-refractivity contribution in [3.8, 4) is 0 Å². The van der Waals surface area contributed by atoms with Gasteiger partial charge in [0, 0.05) is 5.92 Å². The highest BCUT2D eigenvalue weighted by Crippen LogP contribution is 2.45. The monoisotopic (exact) mass is 324 g/mol. The van der Waals surface area contributed by atoms with E-state index in [2.05, 4.69) is 33.9 Å². The first-order chi connectivity index (χ1) is 10.2. The van der Waals surface area contributed by atoms with E-state index in [9.17, 15) is 4.79 Å². The maximum Gasteiger partial charge on any atom is 0.313 e. The molecule has 1 aliphatic carbocycles. The molecule has 1 saturated carbocycles. The second-order valence-electron chi connectivity index (χ2n) is 7.68. The summed E-state index contributed by atoms with van der Waals surface area (Å²) in [6, 6.07) is 0. The SMILES string of the molecule is COC(=O)[C@@H]1C=COC=C2[C@@H](O[Si](C)(C)C(C)(C)C)CC[C@H]21. The highest BCUT2D eigenvalue weighted by molar-refractivity contribution is 6.74. The minimum absolute atomic E-state index is 0.0537. The molecule has 0 N–H and O–H groups in total. The molecule has 0 radical (unpaired) electrons. The number of fused-ring (bicyclic) bond motifs is 1. The third kappa shape index (κ3) is 3.30. The Morgan fingerprint density at radius 3 is 2.59 bits per heavy atom. The zero-order valence-corrected chi connectivity index (χ0v) is 15.5. The average molecular weight is 324 g/mol. The summed E-state index contributed by atoms with van der Waals surface area (Å²) >= 11 is 0. The zero-order chi connectivity index (χ0) is 16.5. The van der Waals surface area contributed by atoms with Gasteiger partial charge >= 0.3 is 5.97 Å². The van der Waals surface area contributed by atoms with E-state index < -0.39 is 8.32 Å². The summed E-state index contributed by atoms with van der Waals surface area (Å²) in [6.45, 7) is 11.2. The standard InChI is InChI=1S/C17H28O4Si/c1-17(2,3)22(5,6)21-15-8-7-12-13(16(18)19-4)9-10-20-11-14(12)15/h9-13,15H,7-8H2,1-6H3/t12-,13+,15-/m0/s1. The van der Waals surface area contributed by atoms with Gasteiger partial charge in [-0.1, -0.05) is 20.8 Å². The molecule has 0 unspecified atom stereocenters. The van der Waals surface area contributed by atoms with E-state index in [-0.39, 0.29) is 28.9 Å². The van der Waals surface area contributed by atoms with Crippen LogP contribution in [0.15, 0.2) is 24.2 Å². The van der Waals surface area contributed by atoms with Gasteiger partial charge in [-0.15, -0.1) is 0 Å². The third-order valence-electron chi connectivity index (χ3n) is 5.26. The van der Waals surface area contributed by atoms with E-state index >= 15 is 0 Å². The second-order valence-corrected chi connectivity index (χ2v) is 12.4. The van der Waals surface area contributed by atoms with Crippen LogP contribution in [0.3, 0.4) is 0 Å². The predicted molar refractivity (Wildman–Crippen MR) is 88.6 cm³/mol. The number of methoxy groups -OCH3 is 1. The Morgan fingerprint density at radius 2 is 2.00 bits per heavy atom. The lowest BCUT2D eigenvalue weighted by molar-refractivity contribution is -0.144. The lowest BCUT2D eigenvalue weighted by Crippen LogP contribution is -2.44. The Bertz CT molecular complexity index is 487. The lowest BCUT2D eigenvalue weighted by Gasteiger charge is -2.39. The molecule has 3 atom stereocenters. The highest BCUT2D eigenvalue weighted by atomic mass is 28.4. The van der Waals surface area contributed by atoms with Crippen molar-refractivity contribution < 1.29 is 18.7 Å². The largest absolute Gasteiger partial charge is 0.473 e. The predicted octanol–water partition coefficient (Wildman–Crippen LogP) is 4.00. The fourth-order valence-corrected chi connectivity index (χ4v) is 4.19. The topological polar surface area (TPSA) is 44.8 Å². The number of esters is 1. The fourth-order valence-electron chi connectivity index (χ4n) is 2.87. The van der Waals surface area contributed by atoms with Crippen LogP contribution in [-0.2, 0) is 18.7 Å². The minimum Gasteiger partial charge on any atom is -0.473 e. The molecule has 1 aliphatic heterocycles. The molecule has 1 fully saturated rings. The molecule has 4 nitrogen and oxygen atoms in total. The summed E-state index contributed by atoms with van der Waals surface area (Å²) < 4.78 is 16.9. The molecule has 22 heavy (non-hydrogen) atoms. The molecular formula is C17H28O4Si. The van der Waals surface area contributed by atoms with Crippen molar-refractivity contribution in [2.75, 3.05) is 7.11 Å². The first-order valence-corrected chi connectivity index (χ1v) is 10.9. The highest BCUT2D eigenvalue weighted by Gasteiger charge is 2.45. The first-order valence-electron chi connectivity index (χ1n) is 7.95. The summed E-state index contributed by atoms with van der Waals surface area (Å²) in [5.41, 5.74) is 1.10. The van der Waals surface area contributed by atoms with Gasteiger partial charge in [0.2, 0.25) is 0 Å². The molecule has 1 heterocycles. The van der Waals surface area contributed by atoms with Gasteiger partial charge in [0.1, 0.15) is 0 Å². The fraction of sp³-hybridized carbons (Fsp3) is 0.706. The van der Waals surface area contributed by atoms with Gasteiger partial charge in [-0.05, 0) is 42.6 Å². The number of rotatable bonds is 3. The Kier molecular flexibility index (Phi) is 4.87. The van der Waals surface area contributed by atoms with E-state index in [1.807, 2.05) is 0 Å². The van der Waals surface area contributed by atoms with E-state index in [4.69, 9.17) is 13.9 Å². The Balaban J connectivity index is 2.19. The van der Waals surface area contributed by atoms with E-state index in [1.54, 1.807) is 18.6 Å². The van der Waals surface area contributed by atoms with Crippen molar-refractivity contribution in [1.82, 2.24) is 0 Å². The number of carbonyl (C=O) groups is 1. The lowest BCUT2D eigenvalue weighted by atomic mass is 9.88. The van der Waals surface area contributed by atoms with Crippen molar-refractivity contribution in [3.63, 3.8) is 0 Å². The van der Waals surface area contributed by atoms with Gasteiger partial charge < -0.3 is 13.9 Å². The minimum atomic E-state index is -1.85. The first kappa shape index (κ1) is 17.3. The van der Waals surface area contributed by atoms with Crippen molar-refractivity contribution in [2.24, 2.45) is 11.8 Å². The maximum atomic E-state index is 12.0. The summed E-state index contributed by atoms with van der Waals surface area (Å²) in [7, 11) is -0.419. The summed E-state index contributed by atoms with van der Waals surface area (Å²) in [5.74, 6) is -0.349. The molecule has 0 bridgehead atoms. The van der Waals surface area contributed by atoms with E-state index in [1.165, 1.54) is 7.11 Å². The third-order valence-corrected chi connectivity index (χ3v) is 9.74. The quantitative estimate of drug-likeness (QED) is 0.581. The van der Waals surface area contributed by atoms with Gasteiger partial charge in [0.05, 0.1) is 31.7 Å². The van der Waals surface area contributed by atoms with Crippen LogP contribution in [-0.4, -0.2) is 27.5 Å². The van der Waals surface area contributed by atoms with Gasteiger partial charge in [0.25, 0.3) is 0 Å². The van der Waals surface area contributed by atoms with Crippen molar-refractivity contribution in [2.45, 2.75) is 57.8 Å². The summed E-state index contributed by atoms with van der Waals surface area (Å²) in [6.07, 6.45) is 7.07. The number of ether oxygens (including phenoxy) is 2. The molecule has 0 aromatic rings. The molecular weight excluding hydrogens is 296 g/mol. The van der Waals surface area contributed by atoms with E-state index in [0.717, 1.165) is 18.4 Å². The average Bonchev–Trinajstić information content (AvgIpc) is 2.68. The summed E-state index contributed by atoms with van der Waals surface area (Å²) in [4.78, 5) is 12.0. The van der Waals surface area contributed by atoms with Crippen LogP contribution in [0.4, 0.5) is 0 Å². The normalized spacial score (nSPS) is 28.5. The van der Waals surface area contributed by atoms with Gasteiger partial charge in [0.15, 0.2) is 8.32 Å². The second kappa shape index (κ2) is 6.20. The van der Waals surface area contributed by atoms with Crippen LogP contribution < -0.4 is 0 Å². The molecule has 0 aromatic carbocycles. The maximum absolute atomic E-state index is 12.0. The van der Waals surface area contributed by atoms with E-state index in [0.29, 0.717) is 0 Å². The van der Waals surface area contributed by atoms with Crippen LogP contribution in [0, 0.1) is 11.8 Å². The zero-order valence-electron chi connectivity index (χ0n) is 14.5. The van der Waals surface area contributed by atoms with Gasteiger partial charge in [-0.2, -0.15) is 0 Å². The van der Waals surface area contributed by atoms with Crippen LogP contribution in [0.5, 0.6) is 0 Å². The number of carbonyl (C=O) groups excluding carboxylic acids is 1. The van der Waals surface area contributed by atoms with Crippen LogP contribution in [0.25, 0.3) is 0 Å². The van der Waals surface area contributed by atoms with Crippen LogP contribution >= 0.6 is 0 Å². The smallest absolute Gasteiger partial charge is 0.313 e. The molecule has 2 rings (SSSR count). The van der Waals surface area contributed by atoms with Crippen molar-refractivity contribution in [1.29, 1.82) is 0 Å². The molecule has 0 aromatic heterocycles. The molecule has 2 aliphatic rings. The van der Waals surface area contributed by atoms with Crippen LogP contribution in [0.2, 0.25) is 18.1 Å². The Morgan fingerprint density at radius 1 is 1.32 bits per heavy atom. The van der Waals surface area contributed by atoms with Crippen LogP contribution in [0.1, 0.15) is 33.6 Å². The van der Waals surface area contributed by atoms with Crippen molar-refractivity contribution in [3.05, 3.63) is 24.2 Å². The molecule has 0 amide bonds. The number of hydrogen-bond acceptors (Lipinski definition) is 4. The van der Waals surface area contributed by atoms with Crippen molar-refractivity contribution >= 4 is 14.3 Å². The molecule has 124 valence electrons. The van der Waals surface area contributed by atoms with Gasteiger partial charge in [-0.3, -0.25) is 4.79 Å².